The van der Waals surface area contributed by atoms with Crippen LogP contribution in [0.5, 0.6) is 0 Å². The molecule has 1 aliphatic rings. The molecule has 3 rings (SSSR count). The molecule has 2 aromatic rings. The summed E-state index contributed by atoms with van der Waals surface area (Å²) in [5.41, 5.74) is 3.58. The fourth-order valence-corrected chi connectivity index (χ4v) is 2.56. The summed E-state index contributed by atoms with van der Waals surface area (Å²) in [5.74, 6) is 0.0985. The van der Waals surface area contributed by atoms with Crippen LogP contribution < -0.4 is 10.6 Å². The molecule has 0 saturated carbocycles. The number of hydrogen-bond donors (Lipinski definition) is 2. The lowest BCUT2D eigenvalue weighted by atomic mass is 9.98. The van der Waals surface area contributed by atoms with Gasteiger partial charge in [-0.1, -0.05) is 54.6 Å². The van der Waals surface area contributed by atoms with Crippen molar-refractivity contribution < 1.29 is 4.79 Å². The maximum Gasteiger partial charge on any atom is 0.237 e. The third kappa shape index (κ3) is 2.89. The number of hydrogen-bond acceptors (Lipinski definition) is 2. The highest BCUT2D eigenvalue weighted by Crippen LogP contribution is 2.20. The Balaban J connectivity index is 1.79. The van der Waals surface area contributed by atoms with Gasteiger partial charge in [-0.05, 0) is 23.1 Å². The zero-order valence-corrected chi connectivity index (χ0v) is 11.3. The van der Waals surface area contributed by atoms with Gasteiger partial charge in [0.2, 0.25) is 5.91 Å². The lowest BCUT2D eigenvalue weighted by Crippen LogP contribution is -2.53. The first-order chi connectivity index (χ1) is 9.83. The molecule has 102 valence electrons. The molecule has 1 atom stereocenters. The highest BCUT2D eigenvalue weighted by Gasteiger charge is 2.21. The van der Waals surface area contributed by atoms with Crippen molar-refractivity contribution in [3.63, 3.8) is 0 Å². The molecule has 0 unspecified atom stereocenters. The average molecular weight is 266 g/mol. The zero-order valence-electron chi connectivity index (χ0n) is 11.3. The van der Waals surface area contributed by atoms with E-state index in [0.29, 0.717) is 0 Å². The Morgan fingerprint density at radius 1 is 0.950 bits per heavy atom. The van der Waals surface area contributed by atoms with Gasteiger partial charge >= 0.3 is 0 Å². The summed E-state index contributed by atoms with van der Waals surface area (Å²) < 4.78 is 0. The van der Waals surface area contributed by atoms with Crippen LogP contribution >= 0.6 is 0 Å². The molecule has 0 aromatic heterocycles. The SMILES string of the molecule is O=C1NCCN[C@H]1Cc1cccc(-c2ccccc2)c1. The largest absolute Gasteiger partial charge is 0.353 e. The standard InChI is InChI=1S/C17H18N2O/c20-17-16(18-9-10-19-17)12-13-5-4-8-15(11-13)14-6-2-1-3-7-14/h1-8,11,16,18H,9-10,12H2,(H,19,20)/t16-/m0/s1. The van der Waals surface area contributed by atoms with Gasteiger partial charge in [0.25, 0.3) is 0 Å². The van der Waals surface area contributed by atoms with Crippen molar-refractivity contribution in [1.82, 2.24) is 10.6 Å². The molecule has 20 heavy (non-hydrogen) atoms. The van der Waals surface area contributed by atoms with Crippen LogP contribution in [0.4, 0.5) is 0 Å². The second-order valence-corrected chi connectivity index (χ2v) is 5.07. The predicted molar refractivity (Wildman–Crippen MR) is 80.4 cm³/mol. The van der Waals surface area contributed by atoms with Crippen LogP contribution in [-0.4, -0.2) is 25.0 Å². The molecule has 0 spiro atoms. The van der Waals surface area contributed by atoms with Crippen LogP contribution in [0.2, 0.25) is 0 Å². The van der Waals surface area contributed by atoms with Crippen molar-refractivity contribution in [2.45, 2.75) is 12.5 Å². The van der Waals surface area contributed by atoms with E-state index in [-0.39, 0.29) is 11.9 Å². The van der Waals surface area contributed by atoms with Gasteiger partial charge in [0.15, 0.2) is 0 Å². The summed E-state index contributed by atoms with van der Waals surface area (Å²) in [7, 11) is 0. The van der Waals surface area contributed by atoms with Gasteiger partial charge in [-0.15, -0.1) is 0 Å². The van der Waals surface area contributed by atoms with Crippen molar-refractivity contribution in [1.29, 1.82) is 0 Å². The van der Waals surface area contributed by atoms with Gasteiger partial charge < -0.3 is 10.6 Å². The summed E-state index contributed by atoms with van der Waals surface area (Å²) in [5, 5.41) is 6.16. The maximum absolute atomic E-state index is 11.8. The first-order valence-corrected chi connectivity index (χ1v) is 6.98. The average Bonchev–Trinajstić information content (AvgIpc) is 2.51. The highest BCUT2D eigenvalue weighted by molar-refractivity contribution is 5.82. The van der Waals surface area contributed by atoms with Crippen LogP contribution in [0.1, 0.15) is 5.56 Å². The van der Waals surface area contributed by atoms with Gasteiger partial charge in [0.05, 0.1) is 6.04 Å². The molecule has 1 saturated heterocycles. The van der Waals surface area contributed by atoms with E-state index in [4.69, 9.17) is 0 Å². The Hall–Kier alpha value is -2.13. The molecule has 1 aliphatic heterocycles. The molecule has 2 N–H and O–H groups in total. The lowest BCUT2D eigenvalue weighted by Gasteiger charge is -2.23. The van der Waals surface area contributed by atoms with Crippen molar-refractivity contribution >= 4 is 5.91 Å². The predicted octanol–water partition coefficient (Wildman–Crippen LogP) is 1.98. The Labute approximate surface area is 119 Å². The van der Waals surface area contributed by atoms with Crippen molar-refractivity contribution in [2.75, 3.05) is 13.1 Å². The number of nitrogens with one attached hydrogen (secondary N) is 2. The third-order valence-electron chi connectivity index (χ3n) is 3.61. The summed E-state index contributed by atoms with van der Waals surface area (Å²) in [4.78, 5) is 11.8. The van der Waals surface area contributed by atoms with Gasteiger partial charge in [-0.2, -0.15) is 0 Å². The number of piperazine rings is 1. The van der Waals surface area contributed by atoms with Gasteiger partial charge in [-0.3, -0.25) is 4.79 Å². The molecule has 1 fully saturated rings. The van der Waals surface area contributed by atoms with E-state index in [9.17, 15) is 4.79 Å². The van der Waals surface area contributed by atoms with Crippen LogP contribution in [0.25, 0.3) is 11.1 Å². The second kappa shape index (κ2) is 5.88. The fraction of sp³-hybridized carbons (Fsp3) is 0.235. The topological polar surface area (TPSA) is 41.1 Å². The molecular formula is C17H18N2O. The molecule has 2 aromatic carbocycles. The van der Waals surface area contributed by atoms with Crippen LogP contribution in [0, 0.1) is 0 Å². The van der Waals surface area contributed by atoms with E-state index >= 15 is 0 Å². The molecular weight excluding hydrogens is 248 g/mol. The normalized spacial score (nSPS) is 18.6. The Kier molecular flexibility index (Phi) is 3.79. The van der Waals surface area contributed by atoms with Crippen LogP contribution in [0.15, 0.2) is 54.6 Å². The second-order valence-electron chi connectivity index (χ2n) is 5.07. The van der Waals surface area contributed by atoms with Gasteiger partial charge in [0.1, 0.15) is 0 Å². The number of rotatable bonds is 3. The van der Waals surface area contributed by atoms with Crippen molar-refractivity contribution in [2.24, 2.45) is 0 Å². The molecule has 0 bridgehead atoms. The molecule has 1 heterocycles. The van der Waals surface area contributed by atoms with Crippen LogP contribution in [0.3, 0.4) is 0 Å². The minimum Gasteiger partial charge on any atom is -0.353 e. The molecule has 0 aliphatic carbocycles. The molecule has 3 nitrogen and oxygen atoms in total. The first kappa shape index (κ1) is 12.9. The lowest BCUT2D eigenvalue weighted by molar-refractivity contribution is -0.124. The minimum atomic E-state index is -0.116. The van der Waals surface area contributed by atoms with E-state index in [1.165, 1.54) is 16.7 Å². The van der Waals surface area contributed by atoms with E-state index < -0.39 is 0 Å². The van der Waals surface area contributed by atoms with E-state index in [0.717, 1.165) is 19.5 Å². The smallest absolute Gasteiger partial charge is 0.237 e. The Morgan fingerprint density at radius 2 is 1.75 bits per heavy atom. The quantitative estimate of drug-likeness (QED) is 0.892. The van der Waals surface area contributed by atoms with Crippen LogP contribution in [-0.2, 0) is 11.2 Å². The van der Waals surface area contributed by atoms with E-state index in [1.54, 1.807) is 0 Å². The first-order valence-electron chi connectivity index (χ1n) is 6.98. The Morgan fingerprint density at radius 3 is 2.55 bits per heavy atom. The molecule has 1 amide bonds. The maximum atomic E-state index is 11.8. The molecule has 0 radical (unpaired) electrons. The third-order valence-corrected chi connectivity index (χ3v) is 3.61. The summed E-state index contributed by atoms with van der Waals surface area (Å²) in [6, 6.07) is 18.6. The van der Waals surface area contributed by atoms with Gasteiger partial charge in [0, 0.05) is 13.1 Å². The molecule has 3 heteroatoms. The number of carbonyl (C=O) groups is 1. The van der Waals surface area contributed by atoms with Crippen molar-refractivity contribution in [3.05, 3.63) is 60.2 Å². The Bertz CT molecular complexity index is 595. The fourth-order valence-electron chi connectivity index (χ4n) is 2.56. The number of amides is 1. The number of benzene rings is 2. The summed E-state index contributed by atoms with van der Waals surface area (Å²) in [6.07, 6.45) is 0.729. The highest BCUT2D eigenvalue weighted by atomic mass is 16.2. The number of carbonyl (C=O) groups excluding carboxylic acids is 1. The van der Waals surface area contributed by atoms with Crippen molar-refractivity contribution in [3.8, 4) is 11.1 Å². The van der Waals surface area contributed by atoms with E-state index in [2.05, 4.69) is 47.0 Å². The zero-order chi connectivity index (χ0) is 13.8. The van der Waals surface area contributed by atoms with E-state index in [1.807, 2.05) is 18.2 Å². The monoisotopic (exact) mass is 266 g/mol. The summed E-state index contributed by atoms with van der Waals surface area (Å²) in [6.45, 7) is 1.56. The minimum absolute atomic E-state index is 0.0985. The van der Waals surface area contributed by atoms with Gasteiger partial charge in [-0.25, -0.2) is 0 Å². The summed E-state index contributed by atoms with van der Waals surface area (Å²) >= 11 is 0.